The number of aromatic carboxylic acids is 1. The van der Waals surface area contributed by atoms with E-state index in [1.807, 2.05) is 0 Å². The molecule has 0 unspecified atom stereocenters. The molecule has 2 aromatic rings. The van der Waals surface area contributed by atoms with Gasteiger partial charge in [0.15, 0.2) is 11.5 Å². The van der Waals surface area contributed by atoms with Crippen molar-refractivity contribution in [3.63, 3.8) is 0 Å². The van der Waals surface area contributed by atoms with Crippen LogP contribution in [0, 0.1) is 5.82 Å². The third-order valence-electron chi connectivity index (χ3n) is 3.36. The Kier molecular flexibility index (Phi) is 4.12. The van der Waals surface area contributed by atoms with Gasteiger partial charge in [0.1, 0.15) is 10.7 Å². The van der Waals surface area contributed by atoms with Crippen LogP contribution in [0.3, 0.4) is 0 Å². The number of hydrogen-bond acceptors (Lipinski definition) is 6. The lowest BCUT2D eigenvalue weighted by molar-refractivity contribution is -0.255. The Morgan fingerprint density at radius 3 is 2.67 bits per heavy atom. The predicted molar refractivity (Wildman–Crippen MR) is 77.3 cm³/mol. The minimum absolute atomic E-state index is 0.0890. The van der Waals surface area contributed by atoms with Gasteiger partial charge in [-0.25, -0.2) is 17.5 Å². The van der Waals surface area contributed by atoms with Crippen molar-refractivity contribution in [2.45, 2.75) is 11.4 Å². The summed E-state index contributed by atoms with van der Waals surface area (Å²) in [7, 11) is -4.25. The molecule has 0 radical (unpaired) electrons. The fourth-order valence-corrected chi connectivity index (χ4v) is 3.26. The van der Waals surface area contributed by atoms with Crippen molar-refractivity contribution in [2.75, 3.05) is 6.79 Å². The van der Waals surface area contributed by atoms with Crippen LogP contribution in [0.1, 0.15) is 15.9 Å². The van der Waals surface area contributed by atoms with Crippen molar-refractivity contribution in [1.29, 1.82) is 0 Å². The summed E-state index contributed by atoms with van der Waals surface area (Å²) in [6.45, 7) is -0.0420. The number of fused-ring (bicyclic) bond motifs is 1. The molecule has 0 saturated carbocycles. The number of carboxylic acid groups (broad SMARTS) is 1. The number of rotatable bonds is 5. The van der Waals surface area contributed by atoms with Crippen LogP contribution in [0.5, 0.6) is 11.5 Å². The summed E-state index contributed by atoms with van der Waals surface area (Å²) in [5.74, 6) is -1.62. The Bertz CT molecular complexity index is 912. The number of hydrogen-bond donors (Lipinski definition) is 1. The fraction of sp³-hybridized carbons (Fsp3) is 0.133. The molecule has 0 aromatic heterocycles. The molecule has 7 nitrogen and oxygen atoms in total. The number of carbonyl (C=O) groups is 1. The summed E-state index contributed by atoms with van der Waals surface area (Å²) >= 11 is 0. The first kappa shape index (κ1) is 16.2. The largest absolute Gasteiger partial charge is 0.545 e. The second-order valence-corrected chi connectivity index (χ2v) is 6.68. The van der Waals surface area contributed by atoms with E-state index in [-0.39, 0.29) is 13.3 Å². The molecule has 1 aliphatic rings. The van der Waals surface area contributed by atoms with E-state index in [0.717, 1.165) is 12.1 Å². The molecule has 0 atom stereocenters. The number of carbonyl (C=O) groups excluding carboxylic acids is 1. The van der Waals surface area contributed by atoms with Gasteiger partial charge in [0, 0.05) is 6.54 Å². The van der Waals surface area contributed by atoms with Crippen molar-refractivity contribution in [1.82, 2.24) is 4.72 Å². The molecule has 24 heavy (non-hydrogen) atoms. The van der Waals surface area contributed by atoms with Crippen molar-refractivity contribution < 1.29 is 32.2 Å². The van der Waals surface area contributed by atoms with E-state index in [2.05, 4.69) is 4.72 Å². The Hall–Kier alpha value is -2.65. The van der Waals surface area contributed by atoms with E-state index in [1.54, 1.807) is 18.2 Å². The maximum absolute atomic E-state index is 13.8. The maximum Gasteiger partial charge on any atom is 0.243 e. The predicted octanol–water partition coefficient (Wildman–Crippen LogP) is 0.396. The molecule has 0 aliphatic carbocycles. The lowest BCUT2D eigenvalue weighted by Gasteiger charge is -2.10. The molecular formula is C15H11FNO6S-. The lowest BCUT2D eigenvalue weighted by Crippen LogP contribution is -2.26. The van der Waals surface area contributed by atoms with Crippen LogP contribution in [0.4, 0.5) is 4.39 Å². The topological polar surface area (TPSA) is 105 Å². The fourth-order valence-electron chi connectivity index (χ4n) is 2.14. The highest BCUT2D eigenvalue weighted by molar-refractivity contribution is 7.89. The van der Waals surface area contributed by atoms with Crippen molar-refractivity contribution in [3.05, 3.63) is 53.3 Å². The van der Waals surface area contributed by atoms with Gasteiger partial charge in [-0.05, 0) is 35.4 Å². The average Bonchev–Trinajstić information content (AvgIpc) is 3.00. The number of sulfonamides is 1. The maximum atomic E-state index is 13.8. The minimum Gasteiger partial charge on any atom is -0.545 e. The van der Waals surface area contributed by atoms with Crippen LogP contribution in [0.15, 0.2) is 41.3 Å². The first-order chi connectivity index (χ1) is 11.4. The molecule has 0 amide bonds. The molecular weight excluding hydrogens is 341 g/mol. The highest BCUT2D eigenvalue weighted by Gasteiger charge is 2.20. The van der Waals surface area contributed by atoms with Gasteiger partial charge >= 0.3 is 0 Å². The van der Waals surface area contributed by atoms with Crippen LogP contribution in [0.2, 0.25) is 0 Å². The summed E-state index contributed by atoms with van der Waals surface area (Å²) in [4.78, 5) is 10.0. The zero-order valence-electron chi connectivity index (χ0n) is 12.1. The third-order valence-corrected chi connectivity index (χ3v) is 4.78. The summed E-state index contributed by atoms with van der Waals surface area (Å²) in [6.07, 6.45) is 0. The molecule has 126 valence electrons. The summed E-state index contributed by atoms with van der Waals surface area (Å²) in [5, 5.41) is 10.8. The smallest absolute Gasteiger partial charge is 0.243 e. The van der Waals surface area contributed by atoms with E-state index >= 15 is 0 Å². The van der Waals surface area contributed by atoms with Crippen LogP contribution in [0.25, 0.3) is 0 Å². The third kappa shape index (κ3) is 3.17. The van der Waals surface area contributed by atoms with E-state index in [4.69, 9.17) is 9.47 Å². The number of nitrogens with one attached hydrogen (secondary N) is 1. The van der Waals surface area contributed by atoms with Crippen molar-refractivity contribution >= 4 is 16.0 Å². The summed E-state index contributed by atoms with van der Waals surface area (Å²) < 4.78 is 50.7. The van der Waals surface area contributed by atoms with E-state index in [1.165, 1.54) is 0 Å². The Labute approximate surface area is 136 Å². The zero-order valence-corrected chi connectivity index (χ0v) is 12.9. The quantitative estimate of drug-likeness (QED) is 0.835. The van der Waals surface area contributed by atoms with Crippen molar-refractivity contribution in [2.24, 2.45) is 0 Å². The van der Waals surface area contributed by atoms with Gasteiger partial charge in [0.05, 0.1) is 5.97 Å². The van der Waals surface area contributed by atoms with Gasteiger partial charge in [0.25, 0.3) is 0 Å². The highest BCUT2D eigenvalue weighted by atomic mass is 32.2. The summed E-state index contributed by atoms with van der Waals surface area (Å²) in [5.41, 5.74) is 0.138. The zero-order chi connectivity index (χ0) is 17.3. The lowest BCUT2D eigenvalue weighted by atomic mass is 10.2. The molecule has 3 rings (SSSR count). The molecule has 0 spiro atoms. The minimum atomic E-state index is -4.25. The molecule has 0 saturated heterocycles. The van der Waals surface area contributed by atoms with Gasteiger partial charge in [-0.15, -0.1) is 0 Å². The molecule has 0 fully saturated rings. The number of halogens is 1. The van der Waals surface area contributed by atoms with Gasteiger partial charge < -0.3 is 19.4 Å². The normalized spacial score (nSPS) is 13.0. The van der Waals surface area contributed by atoms with Crippen LogP contribution in [-0.4, -0.2) is 21.2 Å². The molecule has 1 aliphatic heterocycles. The van der Waals surface area contributed by atoms with Gasteiger partial charge in [-0.1, -0.05) is 12.1 Å². The average molecular weight is 352 g/mol. The van der Waals surface area contributed by atoms with Crippen LogP contribution in [-0.2, 0) is 16.6 Å². The first-order valence-corrected chi connectivity index (χ1v) is 8.24. The van der Waals surface area contributed by atoms with Crippen molar-refractivity contribution in [3.8, 4) is 11.5 Å². The first-order valence-electron chi connectivity index (χ1n) is 6.76. The number of benzene rings is 2. The van der Waals surface area contributed by atoms with Crippen LogP contribution < -0.4 is 19.3 Å². The molecule has 1 N–H and O–H groups in total. The Balaban J connectivity index is 1.81. The van der Waals surface area contributed by atoms with Crippen LogP contribution >= 0.6 is 0 Å². The van der Waals surface area contributed by atoms with E-state index < -0.39 is 32.3 Å². The second kappa shape index (κ2) is 6.10. The second-order valence-electron chi connectivity index (χ2n) is 4.94. The van der Waals surface area contributed by atoms with E-state index in [0.29, 0.717) is 23.1 Å². The SMILES string of the molecule is O=C([O-])c1ccc(F)c(S(=O)(=O)NCc2ccc3c(c2)OCO3)c1. The van der Waals surface area contributed by atoms with Gasteiger partial charge in [-0.3, -0.25) is 0 Å². The standard InChI is InChI=1S/C15H12FNO6S/c16-11-3-2-10(15(18)19)6-14(11)24(20,21)17-7-9-1-4-12-13(5-9)23-8-22-12/h1-6,17H,7-8H2,(H,18,19)/p-1. The molecule has 9 heteroatoms. The Morgan fingerprint density at radius 2 is 1.92 bits per heavy atom. The number of carboxylic acids is 1. The summed E-state index contributed by atoms with van der Waals surface area (Å²) in [6, 6.07) is 7.26. The van der Waals surface area contributed by atoms with Gasteiger partial charge in [-0.2, -0.15) is 0 Å². The molecule has 0 bridgehead atoms. The molecule has 2 aromatic carbocycles. The monoisotopic (exact) mass is 352 g/mol. The van der Waals surface area contributed by atoms with Gasteiger partial charge in [0.2, 0.25) is 16.8 Å². The van der Waals surface area contributed by atoms with E-state index in [9.17, 15) is 22.7 Å². The Morgan fingerprint density at radius 1 is 1.17 bits per heavy atom. The molecule has 1 heterocycles. The highest BCUT2D eigenvalue weighted by Crippen LogP contribution is 2.32. The number of ether oxygens (including phenoxy) is 2.